The molecule has 0 N–H and O–H groups in total. The number of aromatic nitrogens is 1. The van der Waals surface area contributed by atoms with Gasteiger partial charge in [0.25, 0.3) is 0 Å². The molecule has 0 fully saturated rings. The molecule has 1 spiro atoms. The van der Waals surface area contributed by atoms with Crippen molar-refractivity contribution in [3.63, 3.8) is 0 Å². The Morgan fingerprint density at radius 1 is 0.440 bits per heavy atom. The molecule has 4 heterocycles. The highest BCUT2D eigenvalue weighted by Gasteiger charge is 2.55. The zero-order valence-corrected chi connectivity index (χ0v) is 40.7. The van der Waals surface area contributed by atoms with Crippen molar-refractivity contribution in [2.45, 2.75) is 31.6 Å². The lowest BCUT2D eigenvalue weighted by atomic mass is 9.29. The van der Waals surface area contributed by atoms with Crippen molar-refractivity contribution in [3.05, 3.63) is 282 Å². The number of hydrogen-bond donors (Lipinski definition) is 0. The molecular weight excluding hydrogens is 908 g/mol. The zero-order chi connectivity index (χ0) is 65.7. The van der Waals surface area contributed by atoms with Gasteiger partial charge in [0, 0.05) is 44.5 Å². The molecule has 0 radical (unpaired) electrons. The lowest BCUT2D eigenvalue weighted by molar-refractivity contribution is 0.435. The van der Waals surface area contributed by atoms with Gasteiger partial charge in [-0.25, -0.2) is 0 Å². The molecule has 12 aromatic rings. The van der Waals surface area contributed by atoms with Gasteiger partial charge in [-0.3, -0.25) is 0 Å². The van der Waals surface area contributed by atoms with Crippen LogP contribution in [-0.4, -0.2) is 11.3 Å². The maximum atomic E-state index is 9.84. The smallest absolute Gasteiger partial charge is 0.247 e. The van der Waals surface area contributed by atoms with Crippen LogP contribution < -0.4 is 26.0 Å². The van der Waals surface area contributed by atoms with Crippen molar-refractivity contribution < 1.29 is 29.4 Å². The fourth-order valence-corrected chi connectivity index (χ4v) is 12.1. The Balaban J connectivity index is 1.21. The standard InChI is InChI=1S/C71H51BN2O/c1-70(2,3)51-37-40-64(55(43-51)48-25-11-6-12-26-48)74-65-42-50(47-23-9-5-10-24-47)36-39-61(65)72-60-38-35-49(46-21-7-4-8-22-46)41-58(60)71(56-29-15-19-33-67(56)75-68-34-20-16-30-57(68)71)59-44-52(45-66(74)69(59)72)73-62-31-17-13-27-53(62)54-28-14-18-32-63(54)73/h4-45H,1-3H3/i4D,5D,7D,8D,9D,10D,13D,14D,17D,18D,21D,22D,23D,24D,27D,28D,31D,32D. The minimum absolute atomic E-state index is 0.0630. The highest BCUT2D eigenvalue weighted by atomic mass is 16.5. The summed E-state index contributed by atoms with van der Waals surface area (Å²) in [6, 6.07) is 36.1. The molecule has 4 heteroatoms. The van der Waals surface area contributed by atoms with Gasteiger partial charge in [0.05, 0.1) is 46.8 Å². The van der Waals surface area contributed by atoms with E-state index in [2.05, 4.69) is 31.7 Å². The third-order valence-corrected chi connectivity index (χ3v) is 15.3. The first-order valence-electron chi connectivity index (χ1n) is 33.8. The predicted octanol–water partition coefficient (Wildman–Crippen LogP) is 16.2. The van der Waals surface area contributed by atoms with Gasteiger partial charge in [-0.15, -0.1) is 0 Å². The number of para-hydroxylation sites is 4. The van der Waals surface area contributed by atoms with Crippen LogP contribution in [0.5, 0.6) is 11.5 Å². The van der Waals surface area contributed by atoms with Crippen LogP contribution in [-0.2, 0) is 10.8 Å². The van der Waals surface area contributed by atoms with Crippen LogP contribution in [0.2, 0.25) is 0 Å². The minimum atomic E-state index is -1.55. The highest BCUT2D eigenvalue weighted by molar-refractivity contribution is 6.99. The normalized spacial score (nSPS) is 17.1. The van der Waals surface area contributed by atoms with Gasteiger partial charge in [0.2, 0.25) is 6.71 Å². The van der Waals surface area contributed by atoms with E-state index in [1.807, 2.05) is 127 Å². The second-order valence-electron chi connectivity index (χ2n) is 20.2. The quantitative estimate of drug-likeness (QED) is 0.160. The Bertz CT molecular complexity index is 5190. The van der Waals surface area contributed by atoms with E-state index in [1.165, 1.54) is 4.57 Å². The molecule has 0 amide bonds. The van der Waals surface area contributed by atoms with Crippen molar-refractivity contribution in [1.82, 2.24) is 4.57 Å². The monoisotopic (exact) mass is 977 g/mol. The van der Waals surface area contributed by atoms with Gasteiger partial charge in [0.1, 0.15) is 11.5 Å². The molecule has 11 aromatic carbocycles. The summed E-state index contributed by atoms with van der Waals surface area (Å²) < 4.78 is 174. The van der Waals surface area contributed by atoms with E-state index in [0.29, 0.717) is 67.2 Å². The van der Waals surface area contributed by atoms with E-state index in [1.54, 1.807) is 12.1 Å². The highest BCUT2D eigenvalue weighted by Crippen LogP contribution is 2.58. The molecule has 1 aromatic heterocycles. The topological polar surface area (TPSA) is 17.4 Å². The van der Waals surface area contributed by atoms with Crippen LogP contribution in [0.1, 0.15) is 73.3 Å². The molecule has 0 bridgehead atoms. The van der Waals surface area contributed by atoms with Crippen LogP contribution >= 0.6 is 0 Å². The summed E-state index contributed by atoms with van der Waals surface area (Å²) in [6.45, 7) is 5.53. The molecule has 3 nitrogen and oxygen atoms in total. The van der Waals surface area contributed by atoms with E-state index in [9.17, 15) is 13.7 Å². The lowest BCUT2D eigenvalue weighted by Gasteiger charge is -2.50. The van der Waals surface area contributed by atoms with Crippen molar-refractivity contribution >= 4 is 62.0 Å². The van der Waals surface area contributed by atoms with Gasteiger partial charge in [-0.05, 0) is 115 Å². The number of anilines is 3. The molecule has 0 atom stereocenters. The van der Waals surface area contributed by atoms with Gasteiger partial charge >= 0.3 is 0 Å². The van der Waals surface area contributed by atoms with Crippen molar-refractivity contribution in [1.29, 1.82) is 0 Å². The first-order chi connectivity index (χ1) is 44.3. The van der Waals surface area contributed by atoms with Crippen molar-refractivity contribution in [2.75, 3.05) is 4.90 Å². The Morgan fingerprint density at radius 2 is 1.01 bits per heavy atom. The van der Waals surface area contributed by atoms with Crippen LogP contribution in [0.4, 0.5) is 17.1 Å². The SMILES string of the molecule is [2H]c1c([2H])c([2H])c(-c2ccc3c(c2)N(c2ccc(C(C)(C)C)cc2-c2ccccc2)c2cc(-n4c5c([2H])c([2H])c([2H])c([2H])c5c5c([2H])c([2H])c([2H])c([2H])c54)cc4c2B3c2ccc(-c3c([2H])c([2H])c([2H])c([2H])c3[2H])cc2C42c3ccccc3Oc3ccccc32)c([2H])c1[2H]. The van der Waals surface area contributed by atoms with E-state index in [0.717, 1.165) is 16.7 Å². The minimum Gasteiger partial charge on any atom is -0.457 e. The first-order valence-corrected chi connectivity index (χ1v) is 24.8. The summed E-state index contributed by atoms with van der Waals surface area (Å²) >= 11 is 0. The summed E-state index contributed by atoms with van der Waals surface area (Å²) in [5.41, 5.74) is 6.95. The lowest BCUT2D eigenvalue weighted by Crippen LogP contribution is -2.65. The molecule has 0 aliphatic carbocycles. The number of hydrogen-bond acceptors (Lipinski definition) is 2. The number of benzene rings is 11. The molecular formula is C71H51BN2O. The Kier molecular flexibility index (Phi) is 6.35. The molecule has 0 unspecified atom stereocenters. The first kappa shape index (κ1) is 28.9. The number of fused-ring (bicyclic) bond motifs is 13. The summed E-state index contributed by atoms with van der Waals surface area (Å²) in [6.07, 6.45) is 0. The van der Waals surface area contributed by atoms with Crippen LogP contribution in [0.25, 0.3) is 60.9 Å². The predicted molar refractivity (Wildman–Crippen MR) is 314 cm³/mol. The van der Waals surface area contributed by atoms with Crippen LogP contribution in [0.3, 0.4) is 0 Å². The summed E-state index contributed by atoms with van der Waals surface area (Å²) in [7, 11) is 0. The summed E-state index contributed by atoms with van der Waals surface area (Å²) in [5.74, 6) is 0.877. The molecule has 0 saturated heterocycles. The van der Waals surface area contributed by atoms with E-state index in [-0.39, 0.29) is 55.2 Å². The molecule has 3 aliphatic rings. The van der Waals surface area contributed by atoms with E-state index >= 15 is 0 Å². The molecule has 75 heavy (non-hydrogen) atoms. The van der Waals surface area contributed by atoms with Crippen LogP contribution in [0, 0.1) is 0 Å². The Morgan fingerprint density at radius 3 is 1.65 bits per heavy atom. The number of ether oxygens (including phenoxy) is 1. The van der Waals surface area contributed by atoms with E-state index in [4.69, 9.17) is 15.7 Å². The van der Waals surface area contributed by atoms with Crippen LogP contribution in [0.15, 0.2) is 254 Å². The second-order valence-corrected chi connectivity index (χ2v) is 20.2. The number of rotatable bonds is 5. The summed E-state index contributed by atoms with van der Waals surface area (Å²) in [4.78, 5) is 2.07. The molecule has 3 aliphatic heterocycles. The van der Waals surface area contributed by atoms with Gasteiger partial charge in [0.15, 0.2) is 0 Å². The zero-order valence-electron chi connectivity index (χ0n) is 58.7. The number of nitrogens with zero attached hydrogens (tertiary/aromatic N) is 2. The second kappa shape index (κ2) is 16.4. The third kappa shape index (κ3) is 6.42. The molecule has 0 saturated carbocycles. The fourth-order valence-electron chi connectivity index (χ4n) is 12.1. The fraction of sp³-hybridized carbons (Fsp3) is 0.0704. The average molecular weight is 977 g/mol. The third-order valence-electron chi connectivity index (χ3n) is 15.3. The van der Waals surface area contributed by atoms with E-state index < -0.39 is 121 Å². The van der Waals surface area contributed by atoms with Gasteiger partial charge in [-0.1, -0.05) is 226 Å². The van der Waals surface area contributed by atoms with Gasteiger partial charge in [-0.2, -0.15) is 0 Å². The maximum Gasteiger partial charge on any atom is 0.247 e. The maximum absolute atomic E-state index is 9.84. The summed E-state index contributed by atoms with van der Waals surface area (Å²) in [5, 5.41) is -0.293. The Hall–Kier alpha value is -9.12. The molecule has 354 valence electrons. The average Bonchev–Trinajstić information content (AvgIpc) is 1.19. The molecule has 15 rings (SSSR count). The van der Waals surface area contributed by atoms with Crippen molar-refractivity contribution in [3.8, 4) is 50.6 Å². The van der Waals surface area contributed by atoms with Gasteiger partial charge < -0.3 is 14.2 Å². The largest absolute Gasteiger partial charge is 0.457 e. The Labute approximate surface area is 464 Å². The van der Waals surface area contributed by atoms with Crippen molar-refractivity contribution in [2.24, 2.45) is 0 Å².